The van der Waals surface area contributed by atoms with Crippen LogP contribution >= 0.6 is 11.8 Å². The lowest BCUT2D eigenvalue weighted by Crippen LogP contribution is -2.57. The molecule has 4 nitrogen and oxygen atoms in total. The van der Waals surface area contributed by atoms with Gasteiger partial charge in [0.05, 0.1) is 5.56 Å². The van der Waals surface area contributed by atoms with Gasteiger partial charge in [0.25, 0.3) is 5.91 Å². The Morgan fingerprint density at radius 3 is 2.32 bits per heavy atom. The molecule has 2 aliphatic carbocycles. The topological polar surface area (TPSA) is 49.4 Å². The summed E-state index contributed by atoms with van der Waals surface area (Å²) in [4.78, 5) is 30.7. The van der Waals surface area contributed by atoms with Gasteiger partial charge in [0.15, 0.2) is 0 Å². The number of hydrogen-bond acceptors (Lipinski definition) is 3. The quantitative estimate of drug-likeness (QED) is 0.373. The van der Waals surface area contributed by atoms with E-state index in [0.717, 1.165) is 74.7 Å². The number of thioether (sulfide) groups is 1. The van der Waals surface area contributed by atoms with Gasteiger partial charge in [0.1, 0.15) is 6.04 Å². The molecule has 0 radical (unpaired) electrons. The first-order valence-electron chi connectivity index (χ1n) is 12.4. The third-order valence-corrected chi connectivity index (χ3v) is 7.83. The Morgan fingerprint density at radius 1 is 1.03 bits per heavy atom. The van der Waals surface area contributed by atoms with Gasteiger partial charge in [-0.05, 0) is 56.4 Å². The zero-order valence-electron chi connectivity index (χ0n) is 19.4. The van der Waals surface area contributed by atoms with Crippen LogP contribution in [0.25, 0.3) is 0 Å². The van der Waals surface area contributed by atoms with Gasteiger partial charge < -0.3 is 10.2 Å². The van der Waals surface area contributed by atoms with Gasteiger partial charge in [-0.3, -0.25) is 9.59 Å². The van der Waals surface area contributed by atoms with Crippen LogP contribution in [0.5, 0.6) is 0 Å². The molecule has 31 heavy (non-hydrogen) atoms. The molecule has 1 unspecified atom stereocenters. The first kappa shape index (κ1) is 24.2. The van der Waals surface area contributed by atoms with Crippen molar-refractivity contribution >= 4 is 23.6 Å². The van der Waals surface area contributed by atoms with E-state index in [4.69, 9.17) is 0 Å². The highest BCUT2D eigenvalue weighted by Gasteiger charge is 2.41. The first-order chi connectivity index (χ1) is 15.2. The maximum absolute atomic E-state index is 14.1. The summed E-state index contributed by atoms with van der Waals surface area (Å²) in [6, 6.07) is 7.72. The molecule has 1 aromatic carbocycles. The van der Waals surface area contributed by atoms with Crippen LogP contribution in [0.4, 0.5) is 0 Å². The predicted octanol–water partition coefficient (Wildman–Crippen LogP) is 6.05. The zero-order chi connectivity index (χ0) is 22.1. The maximum Gasteiger partial charge on any atom is 0.255 e. The number of unbranched alkanes of at least 4 members (excludes halogenated alkanes) is 1. The smallest absolute Gasteiger partial charge is 0.255 e. The molecule has 1 N–H and O–H groups in total. The summed E-state index contributed by atoms with van der Waals surface area (Å²) in [5.41, 5.74) is 0.753. The van der Waals surface area contributed by atoms with Crippen molar-refractivity contribution in [2.24, 2.45) is 5.92 Å². The molecule has 0 spiro atoms. The highest BCUT2D eigenvalue weighted by atomic mass is 32.2. The van der Waals surface area contributed by atoms with Gasteiger partial charge in [-0.15, -0.1) is 11.8 Å². The minimum Gasteiger partial charge on any atom is -0.354 e. The van der Waals surface area contributed by atoms with E-state index in [2.05, 4.69) is 12.2 Å². The van der Waals surface area contributed by atoms with E-state index in [1.165, 1.54) is 12.8 Å². The molecule has 3 rings (SSSR count). The molecule has 172 valence electrons. The number of nitrogens with one attached hydrogen (secondary N) is 1. The molecule has 0 saturated heterocycles. The molecule has 1 aromatic rings. The molecule has 0 aromatic heterocycles. The molecule has 2 fully saturated rings. The molecule has 2 amide bonds. The number of carbonyl (C=O) groups excluding carboxylic acids is 2. The van der Waals surface area contributed by atoms with Crippen LogP contribution in [0.15, 0.2) is 29.2 Å². The summed E-state index contributed by atoms with van der Waals surface area (Å²) < 4.78 is 0. The Kier molecular flexibility index (Phi) is 9.76. The first-order valence-corrected chi connectivity index (χ1v) is 13.6. The Hall–Kier alpha value is -1.49. The Bertz CT molecular complexity index is 711. The fourth-order valence-electron chi connectivity index (χ4n) is 5.35. The van der Waals surface area contributed by atoms with Crippen molar-refractivity contribution in [3.8, 4) is 0 Å². The second kappa shape index (κ2) is 12.5. The standard InChI is InChI=1S/C26H40N2O2S/c1-3-4-19-27-25(29)24(20-13-7-5-8-14-20)28(21-15-9-6-10-16-21)26(30)22-17-11-12-18-23(22)31-2/h11-12,17-18,20-21,24H,3-10,13-16,19H2,1-2H3,(H,27,29). The Balaban J connectivity index is 1.97. The van der Waals surface area contributed by atoms with Crippen LogP contribution in [0, 0.1) is 5.92 Å². The molecule has 2 saturated carbocycles. The summed E-state index contributed by atoms with van der Waals surface area (Å²) >= 11 is 1.61. The highest BCUT2D eigenvalue weighted by Crippen LogP contribution is 2.35. The van der Waals surface area contributed by atoms with Gasteiger partial charge in [-0.25, -0.2) is 0 Å². The van der Waals surface area contributed by atoms with Gasteiger partial charge in [0.2, 0.25) is 5.91 Å². The van der Waals surface area contributed by atoms with E-state index >= 15 is 0 Å². The minimum atomic E-state index is -0.345. The Labute approximate surface area is 192 Å². The molecular weight excluding hydrogens is 404 g/mol. The monoisotopic (exact) mass is 444 g/mol. The fourth-order valence-corrected chi connectivity index (χ4v) is 5.94. The number of amides is 2. The van der Waals surface area contributed by atoms with Crippen LogP contribution in [-0.2, 0) is 4.79 Å². The third-order valence-electron chi connectivity index (χ3n) is 7.03. The number of nitrogens with zero attached hydrogens (tertiary/aromatic N) is 1. The normalized spacial score (nSPS) is 19.0. The molecule has 0 bridgehead atoms. The van der Waals surface area contributed by atoms with Gasteiger partial charge in [0, 0.05) is 17.5 Å². The molecular formula is C26H40N2O2S. The highest BCUT2D eigenvalue weighted by molar-refractivity contribution is 7.98. The molecule has 1 atom stereocenters. The third kappa shape index (κ3) is 6.27. The maximum atomic E-state index is 14.1. The average Bonchev–Trinajstić information content (AvgIpc) is 2.83. The zero-order valence-corrected chi connectivity index (χ0v) is 20.2. The van der Waals surface area contributed by atoms with Gasteiger partial charge in [-0.2, -0.15) is 0 Å². The van der Waals surface area contributed by atoms with E-state index < -0.39 is 0 Å². The number of carbonyl (C=O) groups is 2. The largest absolute Gasteiger partial charge is 0.354 e. The van der Waals surface area contributed by atoms with Crippen molar-refractivity contribution < 1.29 is 9.59 Å². The second-order valence-electron chi connectivity index (χ2n) is 9.19. The molecule has 2 aliphatic rings. The number of benzene rings is 1. The van der Waals surface area contributed by atoms with Crippen molar-refractivity contribution in [3.63, 3.8) is 0 Å². The lowest BCUT2D eigenvalue weighted by atomic mass is 9.81. The summed E-state index contributed by atoms with van der Waals surface area (Å²) in [5.74, 6) is 0.390. The lowest BCUT2D eigenvalue weighted by molar-refractivity contribution is -0.129. The summed E-state index contributed by atoms with van der Waals surface area (Å²) in [5, 5.41) is 3.20. The van der Waals surface area contributed by atoms with Crippen molar-refractivity contribution in [2.75, 3.05) is 12.8 Å². The number of hydrogen-bond donors (Lipinski definition) is 1. The minimum absolute atomic E-state index is 0.0538. The average molecular weight is 445 g/mol. The van der Waals surface area contributed by atoms with Crippen LogP contribution in [-0.4, -0.2) is 41.6 Å². The molecule has 0 heterocycles. The van der Waals surface area contributed by atoms with Crippen LogP contribution in [0.2, 0.25) is 0 Å². The van der Waals surface area contributed by atoms with Crippen molar-refractivity contribution in [3.05, 3.63) is 29.8 Å². The lowest BCUT2D eigenvalue weighted by Gasteiger charge is -2.43. The van der Waals surface area contributed by atoms with Crippen molar-refractivity contribution in [2.45, 2.75) is 101 Å². The SMILES string of the molecule is CCCCNC(=O)C(C1CCCCC1)N(C(=O)c1ccccc1SC)C1CCCCC1. The van der Waals surface area contributed by atoms with Crippen LogP contribution < -0.4 is 5.32 Å². The van der Waals surface area contributed by atoms with Crippen LogP contribution in [0.1, 0.15) is 94.3 Å². The van der Waals surface area contributed by atoms with Gasteiger partial charge >= 0.3 is 0 Å². The summed E-state index contributed by atoms with van der Waals surface area (Å²) in [6.45, 7) is 2.84. The summed E-state index contributed by atoms with van der Waals surface area (Å²) in [6.07, 6.45) is 15.3. The summed E-state index contributed by atoms with van der Waals surface area (Å²) in [7, 11) is 0. The van der Waals surface area contributed by atoms with E-state index in [9.17, 15) is 9.59 Å². The number of rotatable bonds is 9. The second-order valence-corrected chi connectivity index (χ2v) is 10.0. The van der Waals surface area contributed by atoms with Crippen molar-refractivity contribution in [1.82, 2.24) is 10.2 Å². The van der Waals surface area contributed by atoms with Gasteiger partial charge in [-0.1, -0.05) is 64.0 Å². The molecule has 0 aliphatic heterocycles. The van der Waals surface area contributed by atoms with E-state index in [0.29, 0.717) is 6.54 Å². The predicted molar refractivity (Wildman–Crippen MR) is 130 cm³/mol. The Morgan fingerprint density at radius 2 is 1.68 bits per heavy atom. The van der Waals surface area contributed by atoms with E-state index in [1.54, 1.807) is 11.8 Å². The van der Waals surface area contributed by atoms with E-state index in [1.807, 2.05) is 35.4 Å². The van der Waals surface area contributed by atoms with E-state index in [-0.39, 0.29) is 29.8 Å². The fraction of sp³-hybridized carbons (Fsp3) is 0.692. The van der Waals surface area contributed by atoms with Crippen LogP contribution in [0.3, 0.4) is 0 Å². The molecule has 5 heteroatoms. The van der Waals surface area contributed by atoms with Crippen molar-refractivity contribution in [1.29, 1.82) is 0 Å².